The first kappa shape index (κ1) is 28.3. The molecule has 0 fully saturated rings. The Morgan fingerprint density at radius 2 is 1.43 bits per heavy atom. The molecule has 1 rings (SSSR count). The van der Waals surface area contributed by atoms with Gasteiger partial charge in [0, 0.05) is 28.0 Å². The van der Waals surface area contributed by atoms with Gasteiger partial charge in [-0.1, -0.05) is 28.1 Å². The second-order valence-corrected chi connectivity index (χ2v) is 3.80. The molecule has 0 amide bonds. The van der Waals surface area contributed by atoms with Crippen LogP contribution in [0.15, 0.2) is 28.7 Å². The number of Topliss-reactive ketones (excluding diaryl/α,β-unsaturated/α-hetero) is 1. The first-order valence-corrected chi connectivity index (χ1v) is 5.70. The Morgan fingerprint density at radius 3 is 1.81 bits per heavy atom. The van der Waals surface area contributed by atoms with Crippen molar-refractivity contribution >= 4 is 21.7 Å². The van der Waals surface area contributed by atoms with Crippen molar-refractivity contribution < 1.29 is 35.8 Å². The zero-order valence-electron chi connectivity index (χ0n) is 11.0. The van der Waals surface area contributed by atoms with E-state index in [1.165, 1.54) is 13.3 Å². The summed E-state index contributed by atoms with van der Waals surface area (Å²) in [4.78, 5) is 10.6. The molecular weight excluding hydrogens is 380 g/mol. The quantitative estimate of drug-likeness (QED) is 0.329. The normalized spacial score (nSPS) is 7.05. The molecule has 0 aliphatic heterocycles. The van der Waals surface area contributed by atoms with Crippen LogP contribution < -0.4 is 0 Å². The van der Waals surface area contributed by atoms with Gasteiger partial charge in [0.05, 0.1) is 0 Å². The monoisotopic (exact) mass is 390 g/mol. The van der Waals surface area contributed by atoms with Crippen LogP contribution in [-0.4, -0.2) is 5.78 Å². The van der Waals surface area contributed by atoms with Crippen molar-refractivity contribution in [3.8, 4) is 0 Å². The van der Waals surface area contributed by atoms with Gasteiger partial charge in [-0.05, 0) is 43.9 Å². The Labute approximate surface area is 144 Å². The molecule has 0 bridgehead atoms. The number of halogens is 1. The fourth-order valence-electron chi connectivity index (χ4n) is 0.932. The van der Waals surface area contributed by atoms with Crippen molar-refractivity contribution in [2.24, 2.45) is 0 Å². The predicted molar refractivity (Wildman–Crippen MR) is 72.9 cm³/mol. The summed E-state index contributed by atoms with van der Waals surface area (Å²) >= 11 is 3.36. The average Bonchev–Trinajstić information content (AvgIpc) is 2.51. The molecule has 1 aromatic carbocycles. The molecule has 0 spiro atoms. The standard InChI is InChI=1S/C12H11BrO.3CO.Fe/c1-10(14)4-2-3-5-11-6-8-12(13)9-7-11;3*1-2;/h2-9H,1H3;;;;. The zero-order chi connectivity index (χ0) is 16.4. The van der Waals surface area contributed by atoms with Crippen LogP contribution in [0, 0.1) is 45.6 Å². The molecule has 0 heterocycles. The Hall–Kier alpha value is -0.891. The first-order valence-electron chi connectivity index (χ1n) is 4.90. The van der Waals surface area contributed by atoms with Gasteiger partial charge in [0.1, 0.15) is 5.78 Å². The second kappa shape index (κ2) is 24.1. The third-order valence-electron chi connectivity index (χ3n) is 1.60. The van der Waals surface area contributed by atoms with E-state index in [1.54, 1.807) is 6.42 Å². The molecule has 0 aliphatic carbocycles. The van der Waals surface area contributed by atoms with Gasteiger partial charge in [-0.25, -0.2) is 0 Å². The summed E-state index contributed by atoms with van der Waals surface area (Å²) in [5, 5.41) is 0. The van der Waals surface area contributed by atoms with Gasteiger partial charge in [0.15, 0.2) is 0 Å². The number of hydrogen-bond donors (Lipinski definition) is 0. The number of ketones is 1. The molecule has 0 aromatic heterocycles. The Bertz CT molecular complexity index is 396. The SMILES string of the molecule is CC(=O)[CH][CH][CH][CH]c1ccc(Br)cc1.[C-]#[O+].[C-]#[O+].[C-]#[O+].[Fe]. The number of carbonyl (C=O) groups excluding carboxylic acids is 1. The molecule has 1 aromatic rings. The maximum atomic E-state index is 10.6. The number of carbonyl (C=O) groups is 1. The van der Waals surface area contributed by atoms with E-state index >= 15 is 0 Å². The number of rotatable bonds is 5. The summed E-state index contributed by atoms with van der Waals surface area (Å²) in [7, 11) is 0. The fourth-order valence-corrected chi connectivity index (χ4v) is 1.20. The van der Waals surface area contributed by atoms with Crippen LogP contribution >= 0.6 is 15.9 Å². The molecule has 0 saturated heterocycles. The first-order chi connectivity index (χ1) is 9.68. The van der Waals surface area contributed by atoms with Crippen LogP contribution in [0.5, 0.6) is 0 Å². The summed E-state index contributed by atoms with van der Waals surface area (Å²) in [6.07, 6.45) is 7.08. The summed E-state index contributed by atoms with van der Waals surface area (Å²) < 4.78 is 23.6. The fraction of sp³-hybridized carbons (Fsp3) is 0.0667. The van der Waals surface area contributed by atoms with Crippen LogP contribution in [0.25, 0.3) is 0 Å². The number of hydrogen-bond acceptors (Lipinski definition) is 1. The van der Waals surface area contributed by atoms with E-state index < -0.39 is 0 Å². The van der Waals surface area contributed by atoms with Gasteiger partial charge in [0.25, 0.3) is 0 Å². The molecular formula is C15H11BrFeO4. The van der Waals surface area contributed by atoms with Gasteiger partial charge >= 0.3 is 33.9 Å². The number of unbranched alkanes of at least 4 members (excludes halogenated alkanes) is 1. The Morgan fingerprint density at radius 1 is 1.00 bits per heavy atom. The van der Waals surface area contributed by atoms with E-state index in [2.05, 4.69) is 35.9 Å². The Kier molecular flexibility index (Phi) is 32.5. The van der Waals surface area contributed by atoms with E-state index in [1.807, 2.05) is 37.1 Å². The molecule has 4 radical (unpaired) electrons. The predicted octanol–water partition coefficient (Wildman–Crippen LogP) is 3.09. The van der Waals surface area contributed by atoms with Crippen LogP contribution in [0.2, 0.25) is 0 Å². The molecule has 0 aliphatic rings. The van der Waals surface area contributed by atoms with Gasteiger partial charge in [0.2, 0.25) is 0 Å². The maximum Gasteiger partial charge on any atom is 0 e. The van der Waals surface area contributed by atoms with E-state index in [0.29, 0.717) is 0 Å². The molecule has 21 heavy (non-hydrogen) atoms. The second-order valence-electron chi connectivity index (χ2n) is 2.88. The smallest absolute Gasteiger partial charge is 0 e. The van der Waals surface area contributed by atoms with Crippen molar-refractivity contribution in [2.45, 2.75) is 6.92 Å². The van der Waals surface area contributed by atoms with Crippen molar-refractivity contribution in [3.63, 3.8) is 0 Å². The summed E-state index contributed by atoms with van der Waals surface area (Å²) in [6.45, 7) is 15.0. The molecule has 0 unspecified atom stereocenters. The van der Waals surface area contributed by atoms with Gasteiger partial charge in [-0.2, -0.15) is 0 Å². The van der Waals surface area contributed by atoms with E-state index in [0.717, 1.165) is 10.0 Å². The topological polar surface area (TPSA) is 76.8 Å². The van der Waals surface area contributed by atoms with Gasteiger partial charge in [-0.15, -0.1) is 0 Å². The molecule has 0 atom stereocenters. The van der Waals surface area contributed by atoms with E-state index in [9.17, 15) is 4.79 Å². The molecule has 6 heteroatoms. The Balaban J connectivity index is -0.000000183. The van der Waals surface area contributed by atoms with Crippen LogP contribution in [0.1, 0.15) is 12.5 Å². The summed E-state index contributed by atoms with van der Waals surface area (Å²) in [5.41, 5.74) is 1.11. The zero-order valence-corrected chi connectivity index (χ0v) is 13.7. The average molecular weight is 391 g/mol. The molecule has 0 saturated carbocycles. The van der Waals surface area contributed by atoms with Crippen molar-refractivity contribution in [2.75, 3.05) is 0 Å². The number of benzene rings is 1. The van der Waals surface area contributed by atoms with Crippen LogP contribution in [-0.2, 0) is 35.8 Å². The van der Waals surface area contributed by atoms with E-state index in [4.69, 9.17) is 14.0 Å². The molecule has 0 N–H and O–H groups in total. The van der Waals surface area contributed by atoms with Gasteiger partial charge < -0.3 is 0 Å². The minimum Gasteiger partial charge on any atom is 0 e. The third kappa shape index (κ3) is 21.6. The minimum absolute atomic E-state index is 0. The van der Waals surface area contributed by atoms with Crippen LogP contribution in [0.4, 0.5) is 0 Å². The third-order valence-corrected chi connectivity index (χ3v) is 2.13. The largest absolute Gasteiger partial charge is 0 e. The molecule has 4 nitrogen and oxygen atoms in total. The minimum atomic E-state index is 0. The van der Waals surface area contributed by atoms with Crippen molar-refractivity contribution in [3.05, 3.63) is 79.9 Å². The van der Waals surface area contributed by atoms with Crippen molar-refractivity contribution in [1.29, 1.82) is 0 Å². The summed E-state index contributed by atoms with van der Waals surface area (Å²) in [6, 6.07) is 7.97. The van der Waals surface area contributed by atoms with Crippen LogP contribution in [0.3, 0.4) is 0 Å². The van der Waals surface area contributed by atoms with Crippen molar-refractivity contribution in [1.82, 2.24) is 0 Å². The van der Waals surface area contributed by atoms with Gasteiger partial charge in [-0.3, -0.25) is 4.79 Å². The van der Waals surface area contributed by atoms with E-state index in [-0.39, 0.29) is 22.9 Å². The molecule has 110 valence electrons. The summed E-state index contributed by atoms with van der Waals surface area (Å²) in [5.74, 6) is 0.0606. The maximum absolute atomic E-state index is 10.6.